The highest BCUT2D eigenvalue weighted by Gasteiger charge is 2.29. The first-order chi connectivity index (χ1) is 6.66. The van der Waals surface area contributed by atoms with Crippen molar-refractivity contribution in [2.24, 2.45) is 5.73 Å². The van der Waals surface area contributed by atoms with Crippen molar-refractivity contribution >= 4 is 5.91 Å². The number of nitrogens with two attached hydrogens (primary N) is 1. The van der Waals surface area contributed by atoms with Crippen molar-refractivity contribution in [3.05, 3.63) is 0 Å². The average molecular weight is 196 g/mol. The van der Waals surface area contributed by atoms with Crippen molar-refractivity contribution in [1.82, 2.24) is 10.2 Å². The first-order valence-corrected chi connectivity index (χ1v) is 4.79. The van der Waals surface area contributed by atoms with Crippen LogP contribution in [0.15, 0.2) is 0 Å². The Bertz CT molecular complexity index is 248. The van der Waals surface area contributed by atoms with Crippen molar-refractivity contribution in [1.29, 1.82) is 5.26 Å². The lowest BCUT2D eigenvalue weighted by molar-refractivity contribution is -0.124. The van der Waals surface area contributed by atoms with E-state index in [9.17, 15) is 4.79 Å². The van der Waals surface area contributed by atoms with Crippen LogP contribution in [-0.2, 0) is 4.79 Å². The molecule has 0 aliphatic carbocycles. The highest BCUT2D eigenvalue weighted by Crippen LogP contribution is 2.10. The molecule has 1 aliphatic heterocycles. The van der Waals surface area contributed by atoms with Gasteiger partial charge in [-0.25, -0.2) is 0 Å². The van der Waals surface area contributed by atoms with E-state index in [0.717, 1.165) is 13.1 Å². The lowest BCUT2D eigenvalue weighted by Gasteiger charge is -2.37. The molecule has 0 aromatic carbocycles. The van der Waals surface area contributed by atoms with E-state index < -0.39 is 0 Å². The molecule has 2 atom stereocenters. The normalized spacial score (nSPS) is 25.3. The first-order valence-electron chi connectivity index (χ1n) is 4.79. The number of amides is 1. The molecule has 3 N–H and O–H groups in total. The predicted molar refractivity (Wildman–Crippen MR) is 52.3 cm³/mol. The number of carbonyl (C=O) groups excluding carboxylic acids is 1. The van der Waals surface area contributed by atoms with E-state index in [1.807, 2.05) is 11.8 Å². The summed E-state index contributed by atoms with van der Waals surface area (Å²) in [6, 6.07) is 1.94. The van der Waals surface area contributed by atoms with Gasteiger partial charge in [-0.1, -0.05) is 0 Å². The van der Waals surface area contributed by atoms with Gasteiger partial charge in [0, 0.05) is 25.7 Å². The van der Waals surface area contributed by atoms with Crippen LogP contribution in [0.4, 0.5) is 0 Å². The van der Waals surface area contributed by atoms with Crippen LogP contribution in [-0.4, -0.2) is 42.5 Å². The third-order valence-corrected chi connectivity index (χ3v) is 2.57. The maximum atomic E-state index is 11.1. The molecule has 1 rings (SSSR count). The second-order valence-corrected chi connectivity index (χ2v) is 3.57. The standard InChI is InChI=1S/C9H16N4O/c1-7(2-3-10)13-5-4-12-6-8(13)9(11)14/h7-8,12H,2,4-6H2,1H3,(H2,11,14). The Morgan fingerprint density at radius 2 is 2.57 bits per heavy atom. The number of nitrogens with one attached hydrogen (secondary N) is 1. The molecule has 0 bridgehead atoms. The second kappa shape index (κ2) is 4.94. The number of nitriles is 1. The summed E-state index contributed by atoms with van der Waals surface area (Å²) in [6.45, 7) is 4.16. The molecule has 1 heterocycles. The van der Waals surface area contributed by atoms with Crippen LogP contribution >= 0.6 is 0 Å². The van der Waals surface area contributed by atoms with E-state index in [1.165, 1.54) is 0 Å². The molecule has 2 unspecified atom stereocenters. The van der Waals surface area contributed by atoms with E-state index in [0.29, 0.717) is 13.0 Å². The fourth-order valence-corrected chi connectivity index (χ4v) is 1.76. The SMILES string of the molecule is CC(CC#N)N1CCNCC1C(N)=O. The molecule has 1 fully saturated rings. The summed E-state index contributed by atoms with van der Waals surface area (Å²) in [7, 11) is 0. The molecule has 0 saturated carbocycles. The lowest BCUT2D eigenvalue weighted by atomic mass is 10.1. The number of carbonyl (C=O) groups is 1. The van der Waals surface area contributed by atoms with Crippen molar-refractivity contribution in [3.8, 4) is 6.07 Å². The van der Waals surface area contributed by atoms with Gasteiger partial charge in [-0.15, -0.1) is 0 Å². The van der Waals surface area contributed by atoms with Crippen molar-refractivity contribution < 1.29 is 4.79 Å². The van der Waals surface area contributed by atoms with E-state index in [4.69, 9.17) is 11.0 Å². The van der Waals surface area contributed by atoms with Gasteiger partial charge in [-0.05, 0) is 6.92 Å². The maximum absolute atomic E-state index is 11.1. The van der Waals surface area contributed by atoms with Crippen molar-refractivity contribution in [2.75, 3.05) is 19.6 Å². The van der Waals surface area contributed by atoms with Gasteiger partial charge in [0.2, 0.25) is 5.91 Å². The predicted octanol–water partition coefficient (Wildman–Crippen LogP) is -0.952. The highest BCUT2D eigenvalue weighted by molar-refractivity contribution is 5.80. The monoisotopic (exact) mass is 196 g/mol. The number of nitrogens with zero attached hydrogens (tertiary/aromatic N) is 2. The maximum Gasteiger partial charge on any atom is 0.236 e. The van der Waals surface area contributed by atoms with Crippen LogP contribution in [0.25, 0.3) is 0 Å². The molecule has 0 radical (unpaired) electrons. The van der Waals surface area contributed by atoms with E-state index in [-0.39, 0.29) is 18.0 Å². The number of hydrogen-bond acceptors (Lipinski definition) is 4. The minimum Gasteiger partial charge on any atom is -0.368 e. The summed E-state index contributed by atoms with van der Waals surface area (Å²) in [5, 5.41) is 11.7. The molecular formula is C9H16N4O. The van der Waals surface area contributed by atoms with Crippen LogP contribution in [0.1, 0.15) is 13.3 Å². The van der Waals surface area contributed by atoms with Gasteiger partial charge in [0.05, 0.1) is 12.5 Å². The molecule has 0 aromatic heterocycles. The summed E-state index contributed by atoms with van der Waals surface area (Å²) in [4.78, 5) is 13.1. The Labute approximate surface area is 83.9 Å². The molecular weight excluding hydrogens is 180 g/mol. The van der Waals surface area contributed by atoms with Crippen molar-refractivity contribution in [2.45, 2.75) is 25.4 Å². The zero-order chi connectivity index (χ0) is 10.6. The van der Waals surface area contributed by atoms with E-state index in [2.05, 4.69) is 11.4 Å². The Balaban J connectivity index is 2.63. The van der Waals surface area contributed by atoms with Gasteiger partial charge in [0.15, 0.2) is 0 Å². The summed E-state index contributed by atoms with van der Waals surface area (Å²) in [5.74, 6) is -0.318. The average Bonchev–Trinajstić information content (AvgIpc) is 2.18. The number of primary amides is 1. The van der Waals surface area contributed by atoms with Gasteiger partial charge >= 0.3 is 0 Å². The number of piperazine rings is 1. The topological polar surface area (TPSA) is 82.2 Å². The zero-order valence-electron chi connectivity index (χ0n) is 8.36. The Kier molecular flexibility index (Phi) is 3.86. The van der Waals surface area contributed by atoms with Gasteiger partial charge < -0.3 is 11.1 Å². The molecule has 14 heavy (non-hydrogen) atoms. The Hall–Kier alpha value is -1.12. The number of hydrogen-bond donors (Lipinski definition) is 2. The molecule has 0 aromatic rings. The number of rotatable bonds is 3. The van der Waals surface area contributed by atoms with Crippen LogP contribution in [0.2, 0.25) is 0 Å². The quantitative estimate of drug-likeness (QED) is 0.609. The van der Waals surface area contributed by atoms with Crippen LogP contribution in [0.3, 0.4) is 0 Å². The van der Waals surface area contributed by atoms with Crippen LogP contribution in [0.5, 0.6) is 0 Å². The molecule has 78 valence electrons. The van der Waals surface area contributed by atoms with E-state index >= 15 is 0 Å². The summed E-state index contributed by atoms with van der Waals surface area (Å²) >= 11 is 0. The largest absolute Gasteiger partial charge is 0.368 e. The van der Waals surface area contributed by atoms with Gasteiger partial charge in [-0.3, -0.25) is 9.69 Å². The molecule has 5 heteroatoms. The summed E-state index contributed by atoms with van der Waals surface area (Å²) < 4.78 is 0. The van der Waals surface area contributed by atoms with E-state index in [1.54, 1.807) is 0 Å². The molecule has 1 saturated heterocycles. The first kappa shape index (κ1) is 11.0. The van der Waals surface area contributed by atoms with Crippen LogP contribution in [0, 0.1) is 11.3 Å². The highest BCUT2D eigenvalue weighted by atomic mass is 16.1. The lowest BCUT2D eigenvalue weighted by Crippen LogP contribution is -2.59. The molecule has 1 amide bonds. The minimum absolute atomic E-state index is 0.0969. The second-order valence-electron chi connectivity index (χ2n) is 3.57. The fraction of sp³-hybridized carbons (Fsp3) is 0.778. The molecule has 0 spiro atoms. The Morgan fingerprint density at radius 3 is 3.14 bits per heavy atom. The Morgan fingerprint density at radius 1 is 1.86 bits per heavy atom. The van der Waals surface area contributed by atoms with Gasteiger partial charge in [-0.2, -0.15) is 5.26 Å². The van der Waals surface area contributed by atoms with Crippen LogP contribution < -0.4 is 11.1 Å². The third-order valence-electron chi connectivity index (χ3n) is 2.57. The van der Waals surface area contributed by atoms with Crippen molar-refractivity contribution in [3.63, 3.8) is 0 Å². The fourth-order valence-electron chi connectivity index (χ4n) is 1.76. The van der Waals surface area contributed by atoms with Gasteiger partial charge in [0.1, 0.15) is 6.04 Å². The summed E-state index contributed by atoms with van der Waals surface area (Å²) in [5.41, 5.74) is 5.29. The van der Waals surface area contributed by atoms with Gasteiger partial charge in [0.25, 0.3) is 0 Å². The smallest absolute Gasteiger partial charge is 0.236 e. The third kappa shape index (κ3) is 2.44. The minimum atomic E-state index is -0.318. The summed E-state index contributed by atoms with van der Waals surface area (Å²) in [6.07, 6.45) is 0.434. The molecule has 5 nitrogen and oxygen atoms in total. The molecule has 1 aliphatic rings. The zero-order valence-corrected chi connectivity index (χ0v) is 8.36.